The van der Waals surface area contributed by atoms with Gasteiger partial charge in [-0.3, -0.25) is 0 Å². The molecule has 2 N–H and O–H groups in total. The van der Waals surface area contributed by atoms with Crippen molar-refractivity contribution in [1.82, 2.24) is 29.7 Å². The summed E-state index contributed by atoms with van der Waals surface area (Å²) in [6.07, 6.45) is 10.2. The van der Waals surface area contributed by atoms with Gasteiger partial charge in [-0.1, -0.05) is 47.5 Å². The summed E-state index contributed by atoms with van der Waals surface area (Å²) in [5, 5.41) is 8.47. The van der Waals surface area contributed by atoms with Gasteiger partial charge >= 0.3 is 0 Å². The van der Waals surface area contributed by atoms with Crippen LogP contribution in [0.15, 0.2) is 84.9 Å². The molecule has 0 aliphatic carbocycles. The van der Waals surface area contributed by atoms with Crippen LogP contribution < -0.4 is 20.1 Å². The summed E-state index contributed by atoms with van der Waals surface area (Å²) in [4.78, 5) is 9.78. The van der Waals surface area contributed by atoms with Gasteiger partial charge < -0.3 is 29.2 Å². The van der Waals surface area contributed by atoms with E-state index in [1.165, 1.54) is 86.6 Å². The predicted octanol–water partition coefficient (Wildman–Crippen LogP) is 10.7. The minimum atomic E-state index is 0.459. The molecule has 6 aromatic rings. The molecule has 8 rings (SSSR count). The van der Waals surface area contributed by atoms with Crippen molar-refractivity contribution >= 4 is 45.3 Å². The number of halogens is 2. The monoisotopic (exact) mass is 794 g/mol. The zero-order valence-electron chi connectivity index (χ0n) is 32.9. The fraction of sp³-hybridized carbons (Fsp3) is 0.435. The van der Waals surface area contributed by atoms with E-state index in [-0.39, 0.29) is 0 Å². The molecule has 0 amide bonds. The molecule has 2 saturated heterocycles. The third-order valence-electron chi connectivity index (χ3n) is 11.3. The lowest BCUT2D eigenvalue weighted by atomic mass is 9.95. The van der Waals surface area contributed by atoms with E-state index >= 15 is 0 Å². The van der Waals surface area contributed by atoms with Gasteiger partial charge in [0, 0.05) is 23.1 Å². The van der Waals surface area contributed by atoms with Crippen LogP contribution in [0.2, 0.25) is 10.0 Å². The molecular formula is C46H56Cl2N6O2. The molecule has 4 aromatic carbocycles. The lowest BCUT2D eigenvalue weighted by Gasteiger charge is -2.22. The zero-order valence-corrected chi connectivity index (χ0v) is 34.4. The Bertz CT molecular complexity index is 2090. The number of aryl methyl sites for hydroxylation is 4. The number of nitrogens with zero attached hydrogens (tertiary/aromatic N) is 4. The molecule has 296 valence electrons. The number of rotatable bonds is 14. The highest BCUT2D eigenvalue weighted by atomic mass is 35.5. The molecule has 2 aliphatic rings. The van der Waals surface area contributed by atoms with Gasteiger partial charge in [0.2, 0.25) is 0 Å². The lowest BCUT2D eigenvalue weighted by molar-refractivity contribution is 0.287. The number of hydrogen-bond donors (Lipinski definition) is 2. The molecule has 0 saturated carbocycles. The van der Waals surface area contributed by atoms with Gasteiger partial charge in [-0.15, -0.1) is 0 Å². The molecule has 2 unspecified atom stereocenters. The van der Waals surface area contributed by atoms with Crippen LogP contribution >= 0.6 is 23.2 Å². The van der Waals surface area contributed by atoms with E-state index in [0.717, 1.165) is 72.2 Å². The van der Waals surface area contributed by atoms with Crippen molar-refractivity contribution in [1.29, 1.82) is 0 Å². The standard InChI is InChI=1S/2C23H28ClN3O/c1-17-5-2-8-21-23(17)26-22(16-28-20-11-9-19(24)10-12-20)27(21)14-4-7-18-6-3-13-25-15-18;1-17-5-2-8-21-23(17)27(14-4-7-18-6-3-13-25-15-18)22(26-21)16-28-20-11-9-19(24)10-12-20/h2*2,5,8-12,18,25H,3-4,6-7,13-16H2,1H3. The van der Waals surface area contributed by atoms with Gasteiger partial charge in [-0.25, -0.2) is 9.97 Å². The van der Waals surface area contributed by atoms with Crippen LogP contribution in [0, 0.1) is 25.7 Å². The summed E-state index contributed by atoms with van der Waals surface area (Å²) in [6.45, 7) is 11.8. The first kappa shape index (κ1) is 40.1. The van der Waals surface area contributed by atoms with Gasteiger partial charge in [-0.2, -0.15) is 0 Å². The Morgan fingerprint density at radius 3 is 1.75 bits per heavy atom. The van der Waals surface area contributed by atoms with E-state index in [0.29, 0.717) is 23.3 Å². The number of aromatic nitrogens is 4. The number of benzene rings is 4. The predicted molar refractivity (Wildman–Crippen MR) is 230 cm³/mol. The molecular weight excluding hydrogens is 739 g/mol. The quantitative estimate of drug-likeness (QED) is 0.114. The number of fused-ring (bicyclic) bond motifs is 2. The van der Waals surface area contributed by atoms with E-state index in [1.54, 1.807) is 0 Å². The first-order chi connectivity index (χ1) is 27.4. The highest BCUT2D eigenvalue weighted by molar-refractivity contribution is 6.30. The van der Waals surface area contributed by atoms with Gasteiger partial charge in [-0.05, 0) is 175 Å². The van der Waals surface area contributed by atoms with Crippen molar-refractivity contribution in [3.05, 3.63) is 118 Å². The fourth-order valence-electron chi connectivity index (χ4n) is 8.23. The molecule has 2 atom stereocenters. The summed E-state index contributed by atoms with van der Waals surface area (Å²) < 4.78 is 16.7. The van der Waals surface area contributed by atoms with E-state index in [2.05, 4.69) is 70.0 Å². The first-order valence-electron chi connectivity index (χ1n) is 20.5. The number of imidazole rings is 2. The first-order valence-corrected chi connectivity index (χ1v) is 21.2. The highest BCUT2D eigenvalue weighted by Crippen LogP contribution is 2.26. The molecule has 0 radical (unpaired) electrons. The van der Waals surface area contributed by atoms with Crippen LogP contribution in [-0.2, 0) is 26.3 Å². The SMILES string of the molecule is Cc1cccc2c1nc(COc1ccc(Cl)cc1)n2CCCC1CCCNC1.Cc1cccc2nc(COc3ccc(Cl)cc3)n(CCCC3CCCNC3)c12. The zero-order chi connectivity index (χ0) is 38.7. The third kappa shape index (κ3) is 10.6. The van der Waals surface area contributed by atoms with Crippen molar-refractivity contribution in [2.45, 2.75) is 91.5 Å². The minimum absolute atomic E-state index is 0.459. The van der Waals surface area contributed by atoms with Gasteiger partial charge in [0.15, 0.2) is 0 Å². The van der Waals surface area contributed by atoms with E-state index in [1.807, 2.05) is 48.5 Å². The van der Waals surface area contributed by atoms with Crippen molar-refractivity contribution in [3.8, 4) is 11.5 Å². The van der Waals surface area contributed by atoms with Crippen molar-refractivity contribution in [3.63, 3.8) is 0 Å². The van der Waals surface area contributed by atoms with Gasteiger partial charge in [0.25, 0.3) is 0 Å². The summed E-state index contributed by atoms with van der Waals surface area (Å²) >= 11 is 11.9. The molecule has 2 fully saturated rings. The number of hydrogen-bond acceptors (Lipinski definition) is 6. The van der Waals surface area contributed by atoms with Crippen molar-refractivity contribution in [2.75, 3.05) is 26.2 Å². The maximum atomic E-state index is 6.00. The Labute approximate surface area is 341 Å². The minimum Gasteiger partial charge on any atom is -0.486 e. The average molecular weight is 796 g/mol. The number of ether oxygens (including phenoxy) is 2. The average Bonchev–Trinajstić information content (AvgIpc) is 3.77. The second-order valence-corrected chi connectivity index (χ2v) is 16.3. The van der Waals surface area contributed by atoms with E-state index in [9.17, 15) is 0 Å². The largest absolute Gasteiger partial charge is 0.486 e. The fourth-order valence-corrected chi connectivity index (χ4v) is 8.49. The summed E-state index contributed by atoms with van der Waals surface area (Å²) in [6, 6.07) is 27.7. The Morgan fingerprint density at radius 1 is 0.643 bits per heavy atom. The molecule has 10 heteroatoms. The molecule has 2 aliphatic heterocycles. The van der Waals surface area contributed by atoms with Crippen LogP contribution in [0.25, 0.3) is 22.1 Å². The maximum absolute atomic E-state index is 6.00. The molecule has 56 heavy (non-hydrogen) atoms. The van der Waals surface area contributed by atoms with Crippen LogP contribution in [-0.4, -0.2) is 45.3 Å². The highest BCUT2D eigenvalue weighted by Gasteiger charge is 2.18. The van der Waals surface area contributed by atoms with Crippen LogP contribution in [0.5, 0.6) is 11.5 Å². The van der Waals surface area contributed by atoms with Gasteiger partial charge in [0.05, 0.1) is 22.1 Å². The Hall–Kier alpha value is -4.08. The Morgan fingerprint density at radius 2 is 1.18 bits per heavy atom. The Balaban J connectivity index is 0.000000172. The number of nitrogens with one attached hydrogen (secondary N) is 2. The maximum Gasteiger partial charge on any atom is 0.148 e. The van der Waals surface area contributed by atoms with Crippen LogP contribution in [0.3, 0.4) is 0 Å². The summed E-state index contributed by atoms with van der Waals surface area (Å²) in [5.74, 6) is 5.21. The molecule has 8 nitrogen and oxygen atoms in total. The summed E-state index contributed by atoms with van der Waals surface area (Å²) in [5.41, 5.74) is 7.04. The van der Waals surface area contributed by atoms with Crippen molar-refractivity contribution in [2.24, 2.45) is 11.8 Å². The molecule has 0 spiro atoms. The van der Waals surface area contributed by atoms with Crippen molar-refractivity contribution < 1.29 is 9.47 Å². The number of piperidine rings is 2. The second kappa shape index (κ2) is 19.9. The van der Waals surface area contributed by atoms with Gasteiger partial charge in [0.1, 0.15) is 36.4 Å². The second-order valence-electron chi connectivity index (χ2n) is 15.4. The smallest absolute Gasteiger partial charge is 0.148 e. The third-order valence-corrected chi connectivity index (χ3v) is 11.8. The lowest BCUT2D eigenvalue weighted by Crippen LogP contribution is -2.29. The van der Waals surface area contributed by atoms with Crippen LogP contribution in [0.1, 0.15) is 74.1 Å². The Kier molecular flexibility index (Phi) is 14.2. The van der Waals surface area contributed by atoms with E-state index < -0.39 is 0 Å². The van der Waals surface area contributed by atoms with E-state index in [4.69, 9.17) is 42.6 Å². The molecule has 0 bridgehead atoms. The topological polar surface area (TPSA) is 78.2 Å². The molecule has 4 heterocycles. The number of para-hydroxylation sites is 2. The molecule has 2 aromatic heterocycles. The van der Waals surface area contributed by atoms with Crippen LogP contribution in [0.4, 0.5) is 0 Å². The summed E-state index contributed by atoms with van der Waals surface area (Å²) in [7, 11) is 0. The normalized spacial score (nSPS) is 17.1.